The molecule has 0 fully saturated rings. The highest BCUT2D eigenvalue weighted by Gasteiger charge is 2.07. The lowest BCUT2D eigenvalue weighted by Crippen LogP contribution is -2.01. The van der Waals surface area contributed by atoms with Crippen LogP contribution in [0.1, 0.15) is 5.56 Å². The Hall–Kier alpha value is -1.36. The van der Waals surface area contributed by atoms with Gasteiger partial charge in [0.05, 0.1) is 10.2 Å². The van der Waals surface area contributed by atoms with E-state index < -0.39 is 11.6 Å². The second-order valence-corrected chi connectivity index (χ2v) is 4.64. The predicted molar refractivity (Wildman–Crippen MR) is 66.8 cm³/mol. The Labute approximate surface area is 106 Å². The summed E-state index contributed by atoms with van der Waals surface area (Å²) in [5.74, 6) is -1.20. The van der Waals surface area contributed by atoms with E-state index in [1.54, 1.807) is 0 Å². The Kier molecular flexibility index (Phi) is 3.47. The highest BCUT2D eigenvalue weighted by atomic mass is 79.9. The molecule has 0 aliphatic carbocycles. The highest BCUT2D eigenvalue weighted by Crippen LogP contribution is 2.24. The molecule has 0 saturated heterocycles. The molecule has 0 bridgehead atoms. The monoisotopic (exact) mass is 300 g/mol. The lowest BCUT2D eigenvalue weighted by molar-refractivity contribution is 0.580. The molecule has 1 heterocycles. The van der Waals surface area contributed by atoms with Gasteiger partial charge in [-0.3, -0.25) is 0 Å². The normalized spacial score (nSPS) is 10.6. The third-order valence-corrected chi connectivity index (χ3v) is 2.99. The van der Waals surface area contributed by atoms with Crippen LogP contribution in [0.5, 0.6) is 0 Å². The number of aryl methyl sites for hydroxylation is 1. The van der Waals surface area contributed by atoms with E-state index in [0.717, 1.165) is 11.6 Å². The number of anilines is 1. The number of hydrogen-bond donors (Lipinski definition) is 1. The fourth-order valence-corrected chi connectivity index (χ4v) is 1.86. The van der Waals surface area contributed by atoms with E-state index in [9.17, 15) is 8.78 Å². The topological polar surface area (TPSA) is 17.0 Å². The van der Waals surface area contributed by atoms with Crippen molar-refractivity contribution in [2.24, 2.45) is 7.05 Å². The smallest absolute Gasteiger partial charge is 0.149 e. The van der Waals surface area contributed by atoms with Gasteiger partial charge >= 0.3 is 0 Å². The van der Waals surface area contributed by atoms with Crippen molar-refractivity contribution in [2.75, 3.05) is 5.32 Å². The Morgan fingerprint density at radius 2 is 2.06 bits per heavy atom. The van der Waals surface area contributed by atoms with E-state index in [1.807, 2.05) is 30.1 Å². The van der Waals surface area contributed by atoms with Gasteiger partial charge in [-0.25, -0.2) is 8.78 Å². The summed E-state index contributed by atoms with van der Waals surface area (Å²) in [5.41, 5.74) is 1.31. The SMILES string of the molecule is Cn1ccc(CNc2cc(Br)c(F)cc2F)c1. The first-order chi connectivity index (χ1) is 8.06. The van der Waals surface area contributed by atoms with E-state index >= 15 is 0 Å². The molecule has 0 aliphatic rings. The maximum atomic E-state index is 13.4. The molecule has 2 aromatic rings. The second kappa shape index (κ2) is 4.87. The Morgan fingerprint density at radius 1 is 1.29 bits per heavy atom. The van der Waals surface area contributed by atoms with Crippen molar-refractivity contribution in [3.05, 3.63) is 52.3 Å². The van der Waals surface area contributed by atoms with Crippen molar-refractivity contribution in [3.63, 3.8) is 0 Å². The molecule has 5 heteroatoms. The van der Waals surface area contributed by atoms with Crippen LogP contribution in [-0.4, -0.2) is 4.57 Å². The van der Waals surface area contributed by atoms with Gasteiger partial charge < -0.3 is 9.88 Å². The van der Waals surface area contributed by atoms with Crippen LogP contribution in [0.2, 0.25) is 0 Å². The van der Waals surface area contributed by atoms with Gasteiger partial charge in [-0.05, 0) is 33.6 Å². The van der Waals surface area contributed by atoms with Crippen molar-refractivity contribution < 1.29 is 8.78 Å². The molecule has 0 unspecified atom stereocenters. The molecule has 17 heavy (non-hydrogen) atoms. The number of aromatic nitrogens is 1. The zero-order valence-electron chi connectivity index (χ0n) is 9.17. The van der Waals surface area contributed by atoms with Crippen LogP contribution in [0.3, 0.4) is 0 Å². The van der Waals surface area contributed by atoms with E-state index in [0.29, 0.717) is 6.54 Å². The summed E-state index contributed by atoms with van der Waals surface area (Å²) in [6.45, 7) is 0.496. The average Bonchev–Trinajstić information content (AvgIpc) is 2.68. The predicted octanol–water partition coefficient (Wildman–Crippen LogP) is 3.68. The summed E-state index contributed by atoms with van der Waals surface area (Å²) in [6, 6.07) is 4.19. The molecule has 90 valence electrons. The molecule has 2 rings (SSSR count). The molecule has 0 radical (unpaired) electrons. The zero-order chi connectivity index (χ0) is 12.4. The standard InChI is InChI=1S/C12H11BrF2N2/c1-17-3-2-8(7-17)6-16-12-4-9(13)10(14)5-11(12)15/h2-5,7,16H,6H2,1H3. The third kappa shape index (κ3) is 2.85. The van der Waals surface area contributed by atoms with Gasteiger partial charge in [-0.1, -0.05) is 0 Å². The maximum absolute atomic E-state index is 13.4. The van der Waals surface area contributed by atoms with Crippen molar-refractivity contribution in [1.82, 2.24) is 4.57 Å². The number of benzene rings is 1. The fourth-order valence-electron chi connectivity index (χ4n) is 1.52. The fraction of sp³-hybridized carbons (Fsp3) is 0.167. The van der Waals surface area contributed by atoms with Crippen LogP contribution in [0, 0.1) is 11.6 Å². The molecular weight excluding hydrogens is 290 g/mol. The third-order valence-electron chi connectivity index (χ3n) is 2.39. The average molecular weight is 301 g/mol. The summed E-state index contributed by atoms with van der Waals surface area (Å²) >= 11 is 3.02. The summed E-state index contributed by atoms with van der Waals surface area (Å²) in [4.78, 5) is 0. The minimum Gasteiger partial charge on any atom is -0.379 e. The summed E-state index contributed by atoms with van der Waals surface area (Å²) in [5, 5.41) is 2.93. The molecule has 1 N–H and O–H groups in total. The first-order valence-corrected chi connectivity index (χ1v) is 5.85. The summed E-state index contributed by atoms with van der Waals surface area (Å²) in [6.07, 6.45) is 3.84. The van der Waals surface area contributed by atoms with Crippen LogP contribution in [0.15, 0.2) is 35.1 Å². The molecule has 1 aromatic carbocycles. The van der Waals surface area contributed by atoms with Crippen LogP contribution in [-0.2, 0) is 13.6 Å². The largest absolute Gasteiger partial charge is 0.379 e. The quantitative estimate of drug-likeness (QED) is 0.856. The Balaban J connectivity index is 2.11. The van der Waals surface area contributed by atoms with Gasteiger partial charge in [0, 0.05) is 32.1 Å². The van der Waals surface area contributed by atoms with E-state index in [1.165, 1.54) is 6.07 Å². The van der Waals surface area contributed by atoms with Gasteiger partial charge in [0.15, 0.2) is 0 Å². The molecule has 1 aromatic heterocycles. The maximum Gasteiger partial charge on any atom is 0.149 e. The molecule has 0 amide bonds. The number of nitrogens with one attached hydrogen (secondary N) is 1. The van der Waals surface area contributed by atoms with Gasteiger partial charge in [-0.2, -0.15) is 0 Å². The molecule has 0 saturated carbocycles. The molecule has 2 nitrogen and oxygen atoms in total. The molecule has 0 spiro atoms. The lowest BCUT2D eigenvalue weighted by Gasteiger charge is -2.07. The van der Waals surface area contributed by atoms with Gasteiger partial charge in [-0.15, -0.1) is 0 Å². The molecular formula is C12H11BrF2N2. The Morgan fingerprint density at radius 3 is 2.71 bits per heavy atom. The zero-order valence-corrected chi connectivity index (χ0v) is 10.8. The van der Waals surface area contributed by atoms with Crippen LogP contribution in [0.4, 0.5) is 14.5 Å². The molecule has 0 aliphatic heterocycles. The molecule has 0 atom stereocenters. The van der Waals surface area contributed by atoms with Gasteiger partial charge in [0.2, 0.25) is 0 Å². The van der Waals surface area contributed by atoms with Crippen molar-refractivity contribution in [1.29, 1.82) is 0 Å². The van der Waals surface area contributed by atoms with Gasteiger partial charge in [0.25, 0.3) is 0 Å². The van der Waals surface area contributed by atoms with Crippen molar-refractivity contribution in [3.8, 4) is 0 Å². The van der Waals surface area contributed by atoms with Crippen LogP contribution < -0.4 is 5.32 Å². The van der Waals surface area contributed by atoms with E-state index in [4.69, 9.17) is 0 Å². The first-order valence-electron chi connectivity index (χ1n) is 5.05. The number of rotatable bonds is 3. The lowest BCUT2D eigenvalue weighted by atomic mass is 10.2. The second-order valence-electron chi connectivity index (χ2n) is 3.78. The van der Waals surface area contributed by atoms with E-state index in [-0.39, 0.29) is 10.2 Å². The number of halogens is 3. The number of nitrogens with zero attached hydrogens (tertiary/aromatic N) is 1. The number of hydrogen-bond acceptors (Lipinski definition) is 1. The van der Waals surface area contributed by atoms with Crippen molar-refractivity contribution >= 4 is 21.6 Å². The van der Waals surface area contributed by atoms with Crippen molar-refractivity contribution in [2.45, 2.75) is 6.54 Å². The Bertz CT molecular complexity index is 537. The minimum absolute atomic E-state index is 0.245. The first kappa shape index (κ1) is 12.1. The van der Waals surface area contributed by atoms with Crippen LogP contribution in [0.25, 0.3) is 0 Å². The highest BCUT2D eigenvalue weighted by molar-refractivity contribution is 9.10. The van der Waals surface area contributed by atoms with E-state index in [2.05, 4.69) is 21.2 Å². The summed E-state index contributed by atoms with van der Waals surface area (Å²) in [7, 11) is 1.92. The van der Waals surface area contributed by atoms with Crippen LogP contribution >= 0.6 is 15.9 Å². The van der Waals surface area contributed by atoms with Gasteiger partial charge in [0.1, 0.15) is 11.6 Å². The minimum atomic E-state index is -0.604. The summed E-state index contributed by atoms with van der Waals surface area (Å²) < 4.78 is 28.6.